The third-order valence-corrected chi connectivity index (χ3v) is 3.25. The fourth-order valence-corrected chi connectivity index (χ4v) is 2.24. The van der Waals surface area contributed by atoms with Crippen molar-refractivity contribution in [2.45, 2.75) is 25.8 Å². The molecular formula is C13H15FN2O3. The van der Waals surface area contributed by atoms with Crippen LogP contribution in [0.4, 0.5) is 14.9 Å². The molecule has 19 heavy (non-hydrogen) atoms. The van der Waals surface area contributed by atoms with Gasteiger partial charge in [0.2, 0.25) is 0 Å². The monoisotopic (exact) mass is 266 g/mol. The third-order valence-electron chi connectivity index (χ3n) is 3.25. The Labute approximate surface area is 110 Å². The molecule has 1 aromatic rings. The molecule has 0 aromatic heterocycles. The van der Waals surface area contributed by atoms with Crippen molar-refractivity contribution < 1.29 is 19.1 Å². The number of carboxylic acid groups (broad SMARTS) is 1. The average molecular weight is 266 g/mol. The Hall–Kier alpha value is -2.11. The summed E-state index contributed by atoms with van der Waals surface area (Å²) in [4.78, 5) is 24.3. The minimum absolute atomic E-state index is 0.100. The number of carbonyl (C=O) groups excluding carboxylic acids is 1. The van der Waals surface area contributed by atoms with Crippen LogP contribution in [0.3, 0.4) is 0 Å². The zero-order valence-corrected chi connectivity index (χ0v) is 10.5. The van der Waals surface area contributed by atoms with Crippen LogP contribution in [0.1, 0.15) is 18.4 Å². The third kappa shape index (κ3) is 2.67. The van der Waals surface area contributed by atoms with E-state index in [1.807, 2.05) is 0 Å². The van der Waals surface area contributed by atoms with E-state index < -0.39 is 23.9 Å². The molecule has 1 aromatic carbocycles. The normalized spacial score (nSPS) is 18.4. The number of likely N-dealkylation sites (tertiary alicyclic amines) is 1. The van der Waals surface area contributed by atoms with E-state index in [1.165, 1.54) is 11.0 Å². The number of halogens is 1. The lowest BCUT2D eigenvalue weighted by Gasteiger charge is -2.22. The number of aliphatic carboxylic acids is 1. The molecule has 1 saturated heterocycles. The number of hydrogen-bond donors (Lipinski definition) is 2. The number of carboxylic acids is 1. The number of rotatable bonds is 2. The first kappa shape index (κ1) is 13.3. The molecule has 0 unspecified atom stereocenters. The van der Waals surface area contributed by atoms with Gasteiger partial charge in [0.05, 0.1) is 5.69 Å². The molecule has 1 heterocycles. The molecule has 2 amide bonds. The Morgan fingerprint density at radius 2 is 2.21 bits per heavy atom. The van der Waals surface area contributed by atoms with E-state index >= 15 is 0 Å². The van der Waals surface area contributed by atoms with Crippen LogP contribution in [0.25, 0.3) is 0 Å². The van der Waals surface area contributed by atoms with Crippen molar-refractivity contribution >= 4 is 17.7 Å². The second-order valence-electron chi connectivity index (χ2n) is 4.55. The van der Waals surface area contributed by atoms with Gasteiger partial charge in [-0.05, 0) is 31.4 Å². The van der Waals surface area contributed by atoms with Gasteiger partial charge in [-0.1, -0.05) is 12.1 Å². The minimum Gasteiger partial charge on any atom is -0.480 e. The van der Waals surface area contributed by atoms with Gasteiger partial charge in [0.25, 0.3) is 0 Å². The predicted molar refractivity (Wildman–Crippen MR) is 67.5 cm³/mol. The zero-order valence-electron chi connectivity index (χ0n) is 10.5. The van der Waals surface area contributed by atoms with Gasteiger partial charge in [0, 0.05) is 6.54 Å². The van der Waals surface area contributed by atoms with Gasteiger partial charge in [-0.25, -0.2) is 14.0 Å². The van der Waals surface area contributed by atoms with E-state index in [-0.39, 0.29) is 5.69 Å². The van der Waals surface area contributed by atoms with Crippen LogP contribution in [-0.2, 0) is 4.79 Å². The molecule has 2 rings (SSSR count). The highest BCUT2D eigenvalue weighted by Gasteiger charge is 2.34. The summed E-state index contributed by atoms with van der Waals surface area (Å²) in [6.07, 6.45) is 1.07. The number of para-hydroxylation sites is 1. The molecule has 102 valence electrons. The topological polar surface area (TPSA) is 69.6 Å². The smallest absolute Gasteiger partial charge is 0.326 e. The van der Waals surface area contributed by atoms with Crippen LogP contribution in [0.15, 0.2) is 18.2 Å². The number of amides is 2. The average Bonchev–Trinajstić information content (AvgIpc) is 2.83. The van der Waals surface area contributed by atoms with Gasteiger partial charge in [0.15, 0.2) is 0 Å². The molecule has 5 nitrogen and oxygen atoms in total. The van der Waals surface area contributed by atoms with Gasteiger partial charge < -0.3 is 15.3 Å². The molecule has 0 spiro atoms. The maximum atomic E-state index is 13.6. The van der Waals surface area contributed by atoms with Crippen molar-refractivity contribution in [3.8, 4) is 0 Å². The lowest BCUT2D eigenvalue weighted by molar-refractivity contribution is -0.141. The van der Waals surface area contributed by atoms with Gasteiger partial charge in [-0.15, -0.1) is 0 Å². The number of urea groups is 1. The highest BCUT2D eigenvalue weighted by molar-refractivity contribution is 5.93. The largest absolute Gasteiger partial charge is 0.480 e. The van der Waals surface area contributed by atoms with Gasteiger partial charge in [0.1, 0.15) is 11.9 Å². The second-order valence-corrected chi connectivity index (χ2v) is 4.55. The molecule has 1 aliphatic heterocycles. The molecule has 1 atom stereocenters. The molecule has 0 aliphatic carbocycles. The molecule has 0 radical (unpaired) electrons. The Kier molecular flexibility index (Phi) is 3.69. The van der Waals surface area contributed by atoms with E-state index in [2.05, 4.69) is 5.32 Å². The summed E-state index contributed by atoms with van der Waals surface area (Å²) in [6.45, 7) is 2.05. The zero-order chi connectivity index (χ0) is 14.0. The highest BCUT2D eigenvalue weighted by atomic mass is 19.1. The van der Waals surface area contributed by atoms with Crippen LogP contribution in [0.2, 0.25) is 0 Å². The molecule has 1 fully saturated rings. The summed E-state index contributed by atoms with van der Waals surface area (Å²) < 4.78 is 13.6. The highest BCUT2D eigenvalue weighted by Crippen LogP contribution is 2.22. The summed E-state index contributed by atoms with van der Waals surface area (Å²) in [6, 6.07) is 3.08. The Bertz CT molecular complexity index is 498. The Balaban J connectivity index is 2.15. The summed E-state index contributed by atoms with van der Waals surface area (Å²) in [5.74, 6) is -1.56. The van der Waals surface area contributed by atoms with Crippen LogP contribution in [0, 0.1) is 12.7 Å². The number of nitrogens with one attached hydrogen (secondary N) is 1. The predicted octanol–water partition coefficient (Wildman–Crippen LogP) is 2.22. The van der Waals surface area contributed by atoms with Crippen LogP contribution < -0.4 is 5.32 Å². The molecule has 0 saturated carbocycles. The Morgan fingerprint density at radius 1 is 1.47 bits per heavy atom. The summed E-state index contributed by atoms with van der Waals surface area (Å²) in [5, 5.41) is 11.5. The molecular weight excluding hydrogens is 251 g/mol. The molecule has 6 heteroatoms. The second kappa shape index (κ2) is 5.26. The lowest BCUT2D eigenvalue weighted by atomic mass is 10.2. The molecule has 1 aliphatic rings. The van der Waals surface area contributed by atoms with Crippen molar-refractivity contribution in [1.29, 1.82) is 0 Å². The van der Waals surface area contributed by atoms with Crippen molar-refractivity contribution in [3.63, 3.8) is 0 Å². The van der Waals surface area contributed by atoms with Crippen LogP contribution >= 0.6 is 0 Å². The van der Waals surface area contributed by atoms with Crippen molar-refractivity contribution in [2.75, 3.05) is 11.9 Å². The number of carbonyl (C=O) groups is 2. The summed E-state index contributed by atoms with van der Waals surface area (Å²) in [7, 11) is 0. The lowest BCUT2D eigenvalue weighted by Crippen LogP contribution is -2.43. The first-order valence-corrected chi connectivity index (χ1v) is 6.06. The standard InChI is InChI=1S/C13H15FN2O3/c1-8-4-2-5-9(14)11(8)15-13(19)16-7-3-6-10(16)12(17)18/h2,4-5,10H,3,6-7H2,1H3,(H,15,19)(H,17,18)/t10-/m0/s1. The number of hydrogen-bond acceptors (Lipinski definition) is 2. The number of benzene rings is 1. The quantitative estimate of drug-likeness (QED) is 0.862. The number of anilines is 1. The minimum atomic E-state index is -1.03. The van der Waals surface area contributed by atoms with Crippen LogP contribution in [0.5, 0.6) is 0 Å². The van der Waals surface area contributed by atoms with E-state index in [0.29, 0.717) is 24.9 Å². The van der Waals surface area contributed by atoms with E-state index in [0.717, 1.165) is 0 Å². The maximum absolute atomic E-state index is 13.6. The van der Waals surface area contributed by atoms with Crippen molar-refractivity contribution in [2.24, 2.45) is 0 Å². The first-order chi connectivity index (χ1) is 9.00. The fraction of sp³-hybridized carbons (Fsp3) is 0.385. The first-order valence-electron chi connectivity index (χ1n) is 6.06. The maximum Gasteiger partial charge on any atom is 0.326 e. The molecule has 2 N–H and O–H groups in total. The number of nitrogens with zero attached hydrogens (tertiary/aromatic N) is 1. The van der Waals surface area contributed by atoms with Crippen molar-refractivity contribution in [3.05, 3.63) is 29.6 Å². The summed E-state index contributed by atoms with van der Waals surface area (Å²) in [5.41, 5.74) is 0.697. The van der Waals surface area contributed by atoms with E-state index in [1.54, 1.807) is 19.1 Å². The van der Waals surface area contributed by atoms with Gasteiger partial charge in [-0.3, -0.25) is 0 Å². The molecule has 0 bridgehead atoms. The van der Waals surface area contributed by atoms with E-state index in [4.69, 9.17) is 5.11 Å². The fourth-order valence-electron chi connectivity index (χ4n) is 2.24. The van der Waals surface area contributed by atoms with E-state index in [9.17, 15) is 14.0 Å². The Morgan fingerprint density at radius 3 is 2.84 bits per heavy atom. The van der Waals surface area contributed by atoms with Gasteiger partial charge >= 0.3 is 12.0 Å². The summed E-state index contributed by atoms with van der Waals surface area (Å²) >= 11 is 0. The van der Waals surface area contributed by atoms with Crippen molar-refractivity contribution in [1.82, 2.24) is 4.90 Å². The SMILES string of the molecule is Cc1cccc(F)c1NC(=O)N1CCC[C@H]1C(=O)O. The number of aryl methyl sites for hydroxylation is 1. The van der Waals surface area contributed by atoms with Crippen LogP contribution in [-0.4, -0.2) is 34.6 Å². The van der Waals surface area contributed by atoms with Gasteiger partial charge in [-0.2, -0.15) is 0 Å².